The van der Waals surface area contributed by atoms with Crippen molar-refractivity contribution < 1.29 is 9.15 Å². The Morgan fingerprint density at radius 2 is 1.90 bits per heavy atom. The first-order valence-electron chi connectivity index (χ1n) is 6.55. The molecule has 0 fully saturated rings. The third kappa shape index (κ3) is 4.44. The van der Waals surface area contributed by atoms with Gasteiger partial charge in [-0.2, -0.15) is 0 Å². The van der Waals surface area contributed by atoms with Gasteiger partial charge in [-0.25, -0.2) is 0 Å². The first-order valence-corrected chi connectivity index (χ1v) is 7.30. The predicted octanol–water partition coefficient (Wildman–Crippen LogP) is 4.67. The predicted molar refractivity (Wildman–Crippen MR) is 81.5 cm³/mol. The van der Waals surface area contributed by atoms with Crippen LogP contribution in [0.5, 0.6) is 5.75 Å². The van der Waals surface area contributed by atoms with E-state index in [0.717, 1.165) is 31.0 Å². The minimum Gasteiger partial charge on any atom is -0.486 e. The van der Waals surface area contributed by atoms with E-state index >= 15 is 0 Å². The summed E-state index contributed by atoms with van der Waals surface area (Å²) >= 11 is 11.8. The molecule has 5 heteroatoms. The summed E-state index contributed by atoms with van der Waals surface area (Å²) in [4.78, 5) is 0. The van der Waals surface area contributed by atoms with Gasteiger partial charge in [0.2, 0.25) is 0 Å². The van der Waals surface area contributed by atoms with E-state index in [1.54, 1.807) is 18.2 Å². The van der Waals surface area contributed by atoms with Crippen molar-refractivity contribution in [3.8, 4) is 5.75 Å². The van der Waals surface area contributed by atoms with Crippen LogP contribution in [0.15, 0.2) is 34.7 Å². The zero-order chi connectivity index (χ0) is 14.4. The normalized spacial score (nSPS) is 10.8. The van der Waals surface area contributed by atoms with Gasteiger partial charge in [-0.1, -0.05) is 30.1 Å². The highest BCUT2D eigenvalue weighted by Crippen LogP contribution is 2.26. The summed E-state index contributed by atoms with van der Waals surface area (Å²) in [5.41, 5.74) is 0. The number of ether oxygens (including phenoxy) is 1. The number of halogens is 2. The van der Waals surface area contributed by atoms with Gasteiger partial charge >= 0.3 is 0 Å². The molecule has 1 heterocycles. The number of hydrogen-bond donors (Lipinski definition) is 1. The maximum absolute atomic E-state index is 5.93. The average molecular weight is 314 g/mol. The van der Waals surface area contributed by atoms with Crippen LogP contribution in [0.2, 0.25) is 10.0 Å². The first kappa shape index (κ1) is 15.2. The van der Waals surface area contributed by atoms with Crippen LogP contribution in [0.25, 0.3) is 0 Å². The van der Waals surface area contributed by atoms with Crippen molar-refractivity contribution in [2.45, 2.75) is 26.5 Å². The molecule has 2 aromatic rings. The second-order valence-corrected chi connectivity index (χ2v) is 5.22. The first-order chi connectivity index (χ1) is 9.69. The zero-order valence-electron chi connectivity index (χ0n) is 11.3. The molecule has 1 aromatic carbocycles. The van der Waals surface area contributed by atoms with E-state index in [4.69, 9.17) is 32.4 Å². The van der Waals surface area contributed by atoms with Crippen LogP contribution in [-0.2, 0) is 13.2 Å². The third-order valence-corrected chi connectivity index (χ3v) is 3.45. The fourth-order valence-corrected chi connectivity index (χ4v) is 1.99. The molecule has 0 aliphatic carbocycles. The van der Waals surface area contributed by atoms with Crippen LogP contribution in [0.4, 0.5) is 0 Å². The molecule has 0 unspecified atom stereocenters. The molecule has 20 heavy (non-hydrogen) atoms. The van der Waals surface area contributed by atoms with E-state index in [-0.39, 0.29) is 0 Å². The summed E-state index contributed by atoms with van der Waals surface area (Å²) < 4.78 is 11.3. The van der Waals surface area contributed by atoms with Gasteiger partial charge in [0, 0.05) is 6.07 Å². The second-order valence-electron chi connectivity index (χ2n) is 4.41. The minimum absolute atomic E-state index is 0.367. The van der Waals surface area contributed by atoms with Crippen LogP contribution in [0.3, 0.4) is 0 Å². The molecule has 0 aliphatic rings. The highest BCUT2D eigenvalue weighted by Gasteiger charge is 2.04. The summed E-state index contributed by atoms with van der Waals surface area (Å²) in [6.07, 6.45) is 1.11. The summed E-state index contributed by atoms with van der Waals surface area (Å²) in [5.74, 6) is 2.36. The number of furan rings is 1. The lowest BCUT2D eigenvalue weighted by molar-refractivity contribution is 0.265. The molecular weight excluding hydrogens is 297 g/mol. The van der Waals surface area contributed by atoms with Crippen molar-refractivity contribution >= 4 is 23.2 Å². The van der Waals surface area contributed by atoms with Crippen molar-refractivity contribution in [1.82, 2.24) is 5.32 Å². The Hall–Kier alpha value is -1.16. The Bertz CT molecular complexity index is 555. The topological polar surface area (TPSA) is 34.4 Å². The Kier molecular flexibility index (Phi) is 5.77. The van der Waals surface area contributed by atoms with Gasteiger partial charge in [-0.15, -0.1) is 0 Å². The highest BCUT2D eigenvalue weighted by atomic mass is 35.5. The lowest BCUT2D eigenvalue weighted by atomic mass is 10.3. The Labute approximate surface area is 128 Å². The average Bonchev–Trinajstić information content (AvgIpc) is 2.88. The maximum atomic E-state index is 5.93. The fourth-order valence-electron chi connectivity index (χ4n) is 1.70. The SMILES string of the molecule is CCCNCc1ccc(COc2ccc(Cl)c(Cl)c2)o1. The van der Waals surface area contributed by atoms with Crippen LogP contribution in [-0.4, -0.2) is 6.54 Å². The second kappa shape index (κ2) is 7.58. The summed E-state index contributed by atoms with van der Waals surface area (Å²) in [6.45, 7) is 4.22. The Morgan fingerprint density at radius 1 is 1.10 bits per heavy atom. The monoisotopic (exact) mass is 313 g/mol. The van der Waals surface area contributed by atoms with E-state index < -0.39 is 0 Å². The lowest BCUT2D eigenvalue weighted by Crippen LogP contribution is -2.13. The fraction of sp³-hybridized carbons (Fsp3) is 0.333. The van der Waals surface area contributed by atoms with Crippen LogP contribution in [0.1, 0.15) is 24.9 Å². The molecule has 1 N–H and O–H groups in total. The summed E-state index contributed by atoms with van der Waals surface area (Å²) in [5, 5.41) is 4.28. The van der Waals surface area contributed by atoms with Crippen molar-refractivity contribution in [3.05, 3.63) is 51.9 Å². The molecular formula is C15H17Cl2NO2. The van der Waals surface area contributed by atoms with Gasteiger partial charge in [0.1, 0.15) is 23.9 Å². The largest absolute Gasteiger partial charge is 0.486 e. The van der Waals surface area contributed by atoms with E-state index in [2.05, 4.69) is 12.2 Å². The van der Waals surface area contributed by atoms with Crippen LogP contribution >= 0.6 is 23.2 Å². The van der Waals surface area contributed by atoms with Crippen molar-refractivity contribution in [2.75, 3.05) is 6.54 Å². The Balaban J connectivity index is 1.85. The van der Waals surface area contributed by atoms with E-state index in [0.29, 0.717) is 22.4 Å². The minimum atomic E-state index is 0.367. The van der Waals surface area contributed by atoms with Crippen molar-refractivity contribution in [2.24, 2.45) is 0 Å². The van der Waals surface area contributed by atoms with Crippen molar-refractivity contribution in [3.63, 3.8) is 0 Å². The molecule has 0 saturated heterocycles. The Morgan fingerprint density at radius 3 is 2.65 bits per heavy atom. The van der Waals surface area contributed by atoms with Gasteiger partial charge in [0.25, 0.3) is 0 Å². The molecule has 108 valence electrons. The third-order valence-electron chi connectivity index (χ3n) is 2.72. The molecule has 0 amide bonds. The molecule has 3 nitrogen and oxygen atoms in total. The number of nitrogens with one attached hydrogen (secondary N) is 1. The van der Waals surface area contributed by atoms with E-state index in [1.165, 1.54) is 0 Å². The van der Waals surface area contributed by atoms with Crippen LogP contribution in [0, 0.1) is 0 Å². The smallest absolute Gasteiger partial charge is 0.146 e. The molecule has 0 radical (unpaired) electrons. The lowest BCUT2D eigenvalue weighted by Gasteiger charge is -2.05. The van der Waals surface area contributed by atoms with Crippen molar-refractivity contribution in [1.29, 1.82) is 0 Å². The molecule has 0 atom stereocenters. The van der Waals surface area contributed by atoms with E-state index in [1.807, 2.05) is 12.1 Å². The molecule has 0 spiro atoms. The number of benzene rings is 1. The van der Waals surface area contributed by atoms with E-state index in [9.17, 15) is 0 Å². The maximum Gasteiger partial charge on any atom is 0.146 e. The molecule has 2 rings (SSSR count). The molecule has 0 aliphatic heterocycles. The standard InChI is InChI=1S/C15H17Cl2NO2/c1-2-7-18-9-12-3-4-13(20-12)10-19-11-5-6-14(16)15(17)8-11/h3-6,8,18H,2,7,9-10H2,1H3. The quantitative estimate of drug-likeness (QED) is 0.755. The summed E-state index contributed by atoms with van der Waals surface area (Å²) in [7, 11) is 0. The zero-order valence-corrected chi connectivity index (χ0v) is 12.8. The van der Waals surface area contributed by atoms with Crippen LogP contribution < -0.4 is 10.1 Å². The molecule has 0 bridgehead atoms. The van der Waals surface area contributed by atoms with Gasteiger partial charge in [0.15, 0.2) is 0 Å². The van der Waals surface area contributed by atoms with Gasteiger partial charge in [-0.3, -0.25) is 0 Å². The van der Waals surface area contributed by atoms with Gasteiger partial charge in [0.05, 0.1) is 16.6 Å². The number of rotatable bonds is 7. The molecule has 0 saturated carbocycles. The number of hydrogen-bond acceptors (Lipinski definition) is 3. The van der Waals surface area contributed by atoms with Gasteiger partial charge < -0.3 is 14.5 Å². The molecule has 1 aromatic heterocycles. The summed E-state index contributed by atoms with van der Waals surface area (Å²) in [6, 6.07) is 9.05. The highest BCUT2D eigenvalue weighted by molar-refractivity contribution is 6.42. The van der Waals surface area contributed by atoms with Gasteiger partial charge in [-0.05, 0) is 37.2 Å².